The zero-order chi connectivity index (χ0) is 14.0. The van der Waals surface area contributed by atoms with E-state index in [0.717, 1.165) is 11.3 Å². The molecule has 0 aliphatic carbocycles. The van der Waals surface area contributed by atoms with Crippen molar-refractivity contribution in [3.63, 3.8) is 0 Å². The number of hydrogen-bond donors (Lipinski definition) is 3. The lowest BCUT2D eigenvalue weighted by Crippen LogP contribution is -2.18. The first-order chi connectivity index (χ1) is 8.97. The van der Waals surface area contributed by atoms with E-state index < -0.39 is 0 Å². The Morgan fingerprint density at radius 1 is 1.37 bits per heavy atom. The number of phenolic OH excluding ortho intramolecular Hbond substituents is 2. The van der Waals surface area contributed by atoms with E-state index in [9.17, 15) is 10.2 Å². The Morgan fingerprint density at radius 3 is 2.74 bits per heavy atom. The highest BCUT2D eigenvalue weighted by Crippen LogP contribution is 2.27. The predicted molar refractivity (Wildman–Crippen MR) is 73.0 cm³/mol. The molecule has 0 spiro atoms. The lowest BCUT2D eigenvalue weighted by atomic mass is 10.1. The van der Waals surface area contributed by atoms with Crippen molar-refractivity contribution in [2.75, 3.05) is 0 Å². The van der Waals surface area contributed by atoms with Gasteiger partial charge in [-0.25, -0.2) is 0 Å². The van der Waals surface area contributed by atoms with Crippen LogP contribution in [0.3, 0.4) is 0 Å². The summed E-state index contributed by atoms with van der Waals surface area (Å²) < 4.78 is 1.78. The van der Waals surface area contributed by atoms with Gasteiger partial charge in [0.25, 0.3) is 0 Å². The van der Waals surface area contributed by atoms with Crippen LogP contribution in [0.1, 0.15) is 29.8 Å². The Labute approximate surface area is 112 Å². The van der Waals surface area contributed by atoms with Crippen molar-refractivity contribution in [1.29, 1.82) is 0 Å². The molecule has 1 aromatic heterocycles. The Kier molecular flexibility index (Phi) is 3.76. The monoisotopic (exact) mass is 261 g/mol. The van der Waals surface area contributed by atoms with Crippen molar-refractivity contribution in [2.24, 2.45) is 7.05 Å². The number of phenols is 2. The van der Waals surface area contributed by atoms with Gasteiger partial charge in [-0.2, -0.15) is 5.10 Å². The number of hydrogen-bond acceptors (Lipinski definition) is 4. The number of benzene rings is 1. The summed E-state index contributed by atoms with van der Waals surface area (Å²) >= 11 is 0. The first kappa shape index (κ1) is 13.4. The van der Waals surface area contributed by atoms with Crippen molar-refractivity contribution in [2.45, 2.75) is 26.4 Å². The molecule has 1 atom stereocenters. The van der Waals surface area contributed by atoms with Crippen LogP contribution < -0.4 is 5.32 Å². The molecule has 102 valence electrons. The Balaban J connectivity index is 2.07. The second-order valence-corrected chi connectivity index (χ2v) is 4.76. The van der Waals surface area contributed by atoms with E-state index in [-0.39, 0.29) is 17.5 Å². The minimum Gasteiger partial charge on any atom is -0.508 e. The first-order valence-corrected chi connectivity index (χ1v) is 6.21. The molecule has 5 nitrogen and oxygen atoms in total. The van der Waals surface area contributed by atoms with E-state index >= 15 is 0 Å². The smallest absolute Gasteiger partial charge is 0.120 e. The normalized spacial score (nSPS) is 12.6. The fraction of sp³-hybridized carbons (Fsp3) is 0.357. The van der Waals surface area contributed by atoms with Gasteiger partial charge >= 0.3 is 0 Å². The second kappa shape index (κ2) is 5.32. The van der Waals surface area contributed by atoms with Crippen LogP contribution in [-0.4, -0.2) is 20.0 Å². The van der Waals surface area contributed by atoms with Crippen LogP contribution in [-0.2, 0) is 13.6 Å². The summed E-state index contributed by atoms with van der Waals surface area (Å²) in [5.74, 6) is 0.333. The van der Waals surface area contributed by atoms with Crippen LogP contribution in [0.4, 0.5) is 0 Å². The van der Waals surface area contributed by atoms with Gasteiger partial charge in [-0.15, -0.1) is 0 Å². The Morgan fingerprint density at radius 2 is 2.11 bits per heavy atom. The zero-order valence-corrected chi connectivity index (χ0v) is 11.4. The fourth-order valence-corrected chi connectivity index (χ4v) is 2.08. The van der Waals surface area contributed by atoms with Gasteiger partial charge in [0.05, 0.1) is 5.69 Å². The molecule has 0 saturated carbocycles. The van der Waals surface area contributed by atoms with Crippen molar-refractivity contribution >= 4 is 0 Å². The molecule has 1 heterocycles. The third-order valence-corrected chi connectivity index (χ3v) is 3.19. The van der Waals surface area contributed by atoms with Gasteiger partial charge in [-0.3, -0.25) is 4.68 Å². The lowest BCUT2D eigenvalue weighted by Gasteiger charge is -2.15. The highest BCUT2D eigenvalue weighted by atomic mass is 16.3. The number of aromatic hydroxyl groups is 2. The highest BCUT2D eigenvalue weighted by molar-refractivity contribution is 5.40. The van der Waals surface area contributed by atoms with Gasteiger partial charge in [-0.05, 0) is 32.0 Å². The number of aryl methyl sites for hydroxylation is 2. The molecule has 5 heteroatoms. The molecule has 1 aromatic carbocycles. The van der Waals surface area contributed by atoms with Crippen molar-refractivity contribution < 1.29 is 10.2 Å². The molecule has 1 unspecified atom stereocenters. The molecule has 0 saturated heterocycles. The van der Waals surface area contributed by atoms with Crippen molar-refractivity contribution in [1.82, 2.24) is 15.1 Å². The van der Waals surface area contributed by atoms with Gasteiger partial charge in [0.2, 0.25) is 0 Å². The number of aromatic nitrogens is 2. The molecule has 2 rings (SSSR count). The van der Waals surface area contributed by atoms with E-state index in [0.29, 0.717) is 12.1 Å². The standard InChI is InChI=1S/C14H19N3O2/c1-9-11(8-17(3)16-9)7-15-10(2)13-6-12(18)4-5-14(13)19/h4-6,8,10,15,18-19H,7H2,1-3H3. The average molecular weight is 261 g/mol. The van der Waals surface area contributed by atoms with E-state index in [1.807, 2.05) is 27.1 Å². The number of nitrogens with one attached hydrogen (secondary N) is 1. The van der Waals surface area contributed by atoms with Crippen LogP contribution >= 0.6 is 0 Å². The number of rotatable bonds is 4. The fourth-order valence-electron chi connectivity index (χ4n) is 2.08. The van der Waals surface area contributed by atoms with Gasteiger partial charge in [-0.1, -0.05) is 0 Å². The highest BCUT2D eigenvalue weighted by Gasteiger charge is 2.12. The lowest BCUT2D eigenvalue weighted by molar-refractivity contribution is 0.440. The average Bonchev–Trinajstić information content (AvgIpc) is 2.68. The Hall–Kier alpha value is -2.01. The Bertz CT molecular complexity index is 578. The molecule has 2 aromatic rings. The molecule has 0 bridgehead atoms. The van der Waals surface area contributed by atoms with Gasteiger partial charge in [0.1, 0.15) is 11.5 Å². The maximum absolute atomic E-state index is 9.79. The quantitative estimate of drug-likeness (QED) is 0.736. The second-order valence-electron chi connectivity index (χ2n) is 4.76. The molecule has 0 fully saturated rings. The summed E-state index contributed by atoms with van der Waals surface area (Å²) in [4.78, 5) is 0. The number of nitrogens with zero attached hydrogens (tertiary/aromatic N) is 2. The minimum atomic E-state index is -0.0632. The first-order valence-electron chi connectivity index (χ1n) is 6.21. The maximum atomic E-state index is 9.79. The molecule has 0 aliphatic heterocycles. The maximum Gasteiger partial charge on any atom is 0.120 e. The largest absolute Gasteiger partial charge is 0.508 e. The summed E-state index contributed by atoms with van der Waals surface area (Å²) in [6.45, 7) is 4.57. The van der Waals surface area contributed by atoms with Crippen molar-refractivity contribution in [3.8, 4) is 11.5 Å². The molecule has 3 N–H and O–H groups in total. The van der Waals surface area contributed by atoms with Crippen LogP contribution in [0.25, 0.3) is 0 Å². The van der Waals surface area contributed by atoms with Crippen LogP contribution in [0, 0.1) is 6.92 Å². The van der Waals surface area contributed by atoms with Gasteiger partial charge < -0.3 is 15.5 Å². The summed E-state index contributed by atoms with van der Waals surface area (Å²) in [5.41, 5.74) is 2.79. The molecule has 0 radical (unpaired) electrons. The van der Waals surface area contributed by atoms with E-state index in [2.05, 4.69) is 10.4 Å². The molecule has 0 amide bonds. The molecular formula is C14H19N3O2. The predicted octanol–water partition coefficient (Wildman–Crippen LogP) is 1.99. The van der Waals surface area contributed by atoms with Gasteiger partial charge in [0, 0.05) is 37.0 Å². The summed E-state index contributed by atoms with van der Waals surface area (Å²) in [6, 6.07) is 4.48. The van der Waals surface area contributed by atoms with Crippen molar-refractivity contribution in [3.05, 3.63) is 41.2 Å². The topological polar surface area (TPSA) is 70.3 Å². The molecule has 19 heavy (non-hydrogen) atoms. The van der Waals surface area contributed by atoms with E-state index in [4.69, 9.17) is 0 Å². The minimum absolute atomic E-state index is 0.0632. The summed E-state index contributed by atoms with van der Waals surface area (Å²) in [5, 5.41) is 26.9. The summed E-state index contributed by atoms with van der Waals surface area (Å²) in [7, 11) is 1.89. The van der Waals surface area contributed by atoms with Crippen LogP contribution in [0.15, 0.2) is 24.4 Å². The molecular weight excluding hydrogens is 242 g/mol. The van der Waals surface area contributed by atoms with Crippen LogP contribution in [0.2, 0.25) is 0 Å². The van der Waals surface area contributed by atoms with E-state index in [1.165, 1.54) is 12.1 Å². The third-order valence-electron chi connectivity index (χ3n) is 3.19. The van der Waals surface area contributed by atoms with Gasteiger partial charge in [0.15, 0.2) is 0 Å². The zero-order valence-electron chi connectivity index (χ0n) is 11.4. The SMILES string of the molecule is Cc1nn(C)cc1CNC(C)c1cc(O)ccc1O. The molecule has 0 aliphatic rings. The van der Waals surface area contributed by atoms with Crippen LogP contribution in [0.5, 0.6) is 11.5 Å². The summed E-state index contributed by atoms with van der Waals surface area (Å²) in [6.07, 6.45) is 1.97. The van der Waals surface area contributed by atoms with E-state index in [1.54, 1.807) is 10.7 Å². The third kappa shape index (κ3) is 3.06.